The predicted molar refractivity (Wildman–Crippen MR) is 108 cm³/mol. The Balaban J connectivity index is 0.000000755. The van der Waals surface area contributed by atoms with Crippen molar-refractivity contribution >= 4 is 23.9 Å². The molecule has 0 aromatic carbocycles. The second-order valence-electron chi connectivity index (χ2n) is 6.28. The molecule has 29 heavy (non-hydrogen) atoms. The van der Waals surface area contributed by atoms with Gasteiger partial charge in [-0.2, -0.15) is 0 Å². The lowest BCUT2D eigenvalue weighted by Crippen LogP contribution is -2.31. The summed E-state index contributed by atoms with van der Waals surface area (Å²) < 4.78 is 1.63. The van der Waals surface area contributed by atoms with Crippen molar-refractivity contribution in [2.75, 3.05) is 11.9 Å². The third-order valence-electron chi connectivity index (χ3n) is 4.47. The molecule has 0 unspecified atom stereocenters. The summed E-state index contributed by atoms with van der Waals surface area (Å²) in [5, 5.41) is 13.0. The van der Waals surface area contributed by atoms with Gasteiger partial charge in [-0.15, -0.1) is 0 Å². The van der Waals surface area contributed by atoms with Crippen LogP contribution in [-0.2, 0) is 17.8 Å². The van der Waals surface area contributed by atoms with Crippen molar-refractivity contribution in [2.45, 2.75) is 19.9 Å². The van der Waals surface area contributed by atoms with Gasteiger partial charge in [-0.1, -0.05) is 0 Å². The van der Waals surface area contributed by atoms with Crippen LogP contribution >= 0.6 is 0 Å². The van der Waals surface area contributed by atoms with Gasteiger partial charge in [-0.05, 0) is 31.2 Å². The first-order valence-corrected chi connectivity index (χ1v) is 9.07. The Morgan fingerprint density at radius 1 is 1.28 bits per heavy atom. The summed E-state index contributed by atoms with van der Waals surface area (Å²) in [7, 11) is 0. The van der Waals surface area contributed by atoms with Crippen molar-refractivity contribution in [3.8, 4) is 11.3 Å². The van der Waals surface area contributed by atoms with Gasteiger partial charge in [0.05, 0.1) is 11.3 Å². The highest BCUT2D eigenvalue weighted by atomic mass is 16.3. The molecule has 3 aromatic heterocycles. The van der Waals surface area contributed by atoms with Crippen molar-refractivity contribution in [3.63, 3.8) is 0 Å². The SMILES string of the molecule is CCn1cc(Nc2cc(-c3cc4c([nH]3)CCNC4=O)ccn2)ccc1=O.O=CO. The number of rotatable bonds is 4. The number of nitrogens with one attached hydrogen (secondary N) is 3. The molecule has 0 aliphatic carbocycles. The molecule has 4 N–H and O–H groups in total. The molecule has 150 valence electrons. The van der Waals surface area contributed by atoms with Crippen LogP contribution in [0.15, 0.2) is 47.5 Å². The van der Waals surface area contributed by atoms with Crippen molar-refractivity contribution < 1.29 is 14.7 Å². The Kier molecular flexibility index (Phi) is 6.08. The Morgan fingerprint density at radius 2 is 2.07 bits per heavy atom. The highest BCUT2D eigenvalue weighted by Crippen LogP contribution is 2.26. The number of aryl methyl sites for hydroxylation is 1. The largest absolute Gasteiger partial charge is 0.483 e. The molecule has 4 heterocycles. The number of aromatic nitrogens is 3. The van der Waals surface area contributed by atoms with E-state index in [9.17, 15) is 9.59 Å². The highest BCUT2D eigenvalue weighted by Gasteiger charge is 2.20. The van der Waals surface area contributed by atoms with E-state index in [2.05, 4.69) is 20.6 Å². The molecule has 1 amide bonds. The van der Waals surface area contributed by atoms with E-state index in [-0.39, 0.29) is 17.9 Å². The van der Waals surface area contributed by atoms with Gasteiger partial charge in [0.25, 0.3) is 17.9 Å². The molecular formula is C20H21N5O4. The number of carbonyl (C=O) groups is 2. The zero-order chi connectivity index (χ0) is 20.8. The number of carbonyl (C=O) groups excluding carboxylic acids is 1. The van der Waals surface area contributed by atoms with E-state index < -0.39 is 0 Å². The first kappa shape index (κ1) is 19.9. The standard InChI is InChI=1S/C19H19N5O2.CH2O2/c1-2-24-11-13(3-4-18(24)25)22-17-9-12(5-7-20-17)16-10-14-15(23-16)6-8-21-19(14)26;2-1-3/h3-5,7,9-11,23H,2,6,8H2,1H3,(H,20,22)(H,21,26);1H,(H,2,3). The minimum atomic E-state index is -0.250. The molecule has 0 atom stereocenters. The molecule has 0 radical (unpaired) electrons. The van der Waals surface area contributed by atoms with Crippen LogP contribution in [0.2, 0.25) is 0 Å². The minimum absolute atomic E-state index is 0.0324. The molecule has 0 spiro atoms. The van der Waals surface area contributed by atoms with Crippen LogP contribution in [0.4, 0.5) is 11.5 Å². The van der Waals surface area contributed by atoms with E-state index in [0.717, 1.165) is 29.1 Å². The third kappa shape index (κ3) is 4.52. The number of anilines is 2. The number of hydrogen-bond acceptors (Lipinski definition) is 5. The van der Waals surface area contributed by atoms with E-state index in [1.54, 1.807) is 23.0 Å². The van der Waals surface area contributed by atoms with Crippen molar-refractivity contribution in [3.05, 3.63) is 64.3 Å². The molecule has 1 aliphatic heterocycles. The summed E-state index contributed by atoms with van der Waals surface area (Å²) in [6.45, 7) is 2.94. The summed E-state index contributed by atoms with van der Waals surface area (Å²) in [6.07, 6.45) is 4.29. The fourth-order valence-electron chi connectivity index (χ4n) is 3.12. The molecule has 3 aromatic rings. The highest BCUT2D eigenvalue weighted by molar-refractivity contribution is 5.97. The lowest BCUT2D eigenvalue weighted by Gasteiger charge is -2.11. The Hall–Kier alpha value is -3.88. The molecular weight excluding hydrogens is 374 g/mol. The van der Waals surface area contributed by atoms with E-state index in [1.165, 1.54) is 6.07 Å². The molecule has 0 saturated carbocycles. The lowest BCUT2D eigenvalue weighted by atomic mass is 10.1. The molecule has 4 rings (SSSR count). The minimum Gasteiger partial charge on any atom is -0.483 e. The third-order valence-corrected chi connectivity index (χ3v) is 4.47. The summed E-state index contributed by atoms with van der Waals surface area (Å²) in [5.74, 6) is 0.629. The zero-order valence-corrected chi connectivity index (χ0v) is 15.8. The molecule has 0 bridgehead atoms. The van der Waals surface area contributed by atoms with Gasteiger partial charge in [0.1, 0.15) is 5.82 Å². The van der Waals surface area contributed by atoms with Crippen LogP contribution < -0.4 is 16.2 Å². The molecule has 9 heteroatoms. The smallest absolute Gasteiger partial charge is 0.290 e. The van der Waals surface area contributed by atoms with Crippen LogP contribution in [0.1, 0.15) is 23.0 Å². The van der Waals surface area contributed by atoms with Crippen molar-refractivity contribution in [1.29, 1.82) is 0 Å². The van der Waals surface area contributed by atoms with Gasteiger partial charge in [0, 0.05) is 54.9 Å². The van der Waals surface area contributed by atoms with Crippen molar-refractivity contribution in [1.82, 2.24) is 19.9 Å². The zero-order valence-electron chi connectivity index (χ0n) is 15.8. The number of fused-ring (bicyclic) bond motifs is 1. The predicted octanol–water partition coefficient (Wildman–Crippen LogP) is 1.99. The van der Waals surface area contributed by atoms with Crippen LogP contribution in [0.5, 0.6) is 0 Å². The normalized spacial score (nSPS) is 12.2. The summed E-state index contributed by atoms with van der Waals surface area (Å²) in [6, 6.07) is 8.96. The number of amides is 1. The number of hydrogen-bond donors (Lipinski definition) is 4. The number of H-pyrrole nitrogens is 1. The van der Waals surface area contributed by atoms with Crippen LogP contribution in [-0.4, -0.2) is 38.6 Å². The quantitative estimate of drug-likeness (QED) is 0.500. The van der Waals surface area contributed by atoms with Gasteiger partial charge in [0.15, 0.2) is 0 Å². The summed E-state index contributed by atoms with van der Waals surface area (Å²) in [4.78, 5) is 39.7. The van der Waals surface area contributed by atoms with Gasteiger partial charge in [-0.3, -0.25) is 14.4 Å². The van der Waals surface area contributed by atoms with Gasteiger partial charge >= 0.3 is 0 Å². The fraction of sp³-hybridized carbons (Fsp3) is 0.200. The second kappa shape index (κ2) is 8.87. The van der Waals surface area contributed by atoms with Gasteiger partial charge in [0.2, 0.25) is 0 Å². The number of aromatic amines is 1. The number of carboxylic acid groups (broad SMARTS) is 1. The van der Waals surface area contributed by atoms with E-state index in [0.29, 0.717) is 24.5 Å². The van der Waals surface area contributed by atoms with Crippen LogP contribution in [0.25, 0.3) is 11.3 Å². The Morgan fingerprint density at radius 3 is 2.79 bits per heavy atom. The van der Waals surface area contributed by atoms with Crippen LogP contribution in [0, 0.1) is 0 Å². The average Bonchev–Trinajstić information content (AvgIpc) is 3.16. The first-order valence-electron chi connectivity index (χ1n) is 9.07. The maximum atomic E-state index is 11.9. The van der Waals surface area contributed by atoms with Crippen LogP contribution in [0.3, 0.4) is 0 Å². The average molecular weight is 395 g/mol. The number of pyridine rings is 2. The molecule has 9 nitrogen and oxygen atoms in total. The second-order valence-corrected chi connectivity index (χ2v) is 6.28. The maximum Gasteiger partial charge on any atom is 0.290 e. The van der Waals surface area contributed by atoms with Gasteiger partial charge in [-0.25, -0.2) is 4.98 Å². The molecule has 0 fully saturated rings. The van der Waals surface area contributed by atoms with Gasteiger partial charge < -0.3 is 25.3 Å². The maximum absolute atomic E-state index is 11.9. The van der Waals surface area contributed by atoms with Crippen molar-refractivity contribution in [2.24, 2.45) is 0 Å². The first-order chi connectivity index (χ1) is 14.0. The molecule has 0 saturated heterocycles. The molecule has 1 aliphatic rings. The monoisotopic (exact) mass is 395 g/mol. The van der Waals surface area contributed by atoms with E-state index >= 15 is 0 Å². The lowest BCUT2D eigenvalue weighted by molar-refractivity contribution is -0.122. The summed E-state index contributed by atoms with van der Waals surface area (Å²) >= 11 is 0. The topological polar surface area (TPSA) is 129 Å². The fourth-order valence-corrected chi connectivity index (χ4v) is 3.12. The Bertz CT molecular complexity index is 1090. The van der Waals surface area contributed by atoms with E-state index in [4.69, 9.17) is 9.90 Å². The van der Waals surface area contributed by atoms with E-state index in [1.807, 2.05) is 25.1 Å². The Labute approximate surface area is 166 Å². The summed E-state index contributed by atoms with van der Waals surface area (Å²) in [5.41, 5.74) is 4.25. The number of nitrogens with zero attached hydrogens (tertiary/aromatic N) is 2.